The summed E-state index contributed by atoms with van der Waals surface area (Å²) >= 11 is 11.8. The first-order valence-electron chi connectivity index (χ1n) is 5.00. The van der Waals surface area contributed by atoms with Crippen LogP contribution < -0.4 is 0 Å². The van der Waals surface area contributed by atoms with Crippen LogP contribution in [0.15, 0.2) is 24.3 Å². The third-order valence-electron chi connectivity index (χ3n) is 2.54. The zero-order chi connectivity index (χ0) is 11.7. The van der Waals surface area contributed by atoms with Crippen LogP contribution in [0.25, 0.3) is 5.69 Å². The molecule has 0 amide bonds. The average molecular weight is 255 g/mol. The lowest BCUT2D eigenvalue weighted by Gasteiger charge is -2.04. The molecule has 1 aromatic carbocycles. The summed E-state index contributed by atoms with van der Waals surface area (Å²) in [6, 6.07) is 7.97. The maximum absolute atomic E-state index is 6.10. The van der Waals surface area contributed by atoms with Crippen molar-refractivity contribution in [2.75, 3.05) is 0 Å². The standard InChI is InChI=1S/C12H12Cl2N2/c1-8-12(14)9(2)16(15-8)11-5-3-10(7-13)4-6-11/h3-6H,7H2,1-2H3. The molecule has 0 atom stereocenters. The molecule has 0 fully saturated rings. The van der Waals surface area contributed by atoms with E-state index >= 15 is 0 Å². The lowest BCUT2D eigenvalue weighted by molar-refractivity contribution is 0.833. The molecular weight excluding hydrogens is 243 g/mol. The molecule has 0 saturated heterocycles. The smallest absolute Gasteiger partial charge is 0.0848 e. The first-order chi connectivity index (χ1) is 7.63. The minimum atomic E-state index is 0.526. The van der Waals surface area contributed by atoms with Crippen LogP contribution in [-0.2, 0) is 5.88 Å². The van der Waals surface area contributed by atoms with Crippen molar-refractivity contribution in [2.24, 2.45) is 0 Å². The predicted molar refractivity (Wildman–Crippen MR) is 67.6 cm³/mol. The molecule has 0 saturated carbocycles. The molecule has 16 heavy (non-hydrogen) atoms. The maximum Gasteiger partial charge on any atom is 0.0848 e. The Kier molecular flexibility index (Phi) is 3.22. The topological polar surface area (TPSA) is 17.8 Å². The fourth-order valence-corrected chi connectivity index (χ4v) is 1.90. The summed E-state index contributed by atoms with van der Waals surface area (Å²) in [7, 11) is 0. The van der Waals surface area contributed by atoms with Crippen LogP contribution in [0, 0.1) is 13.8 Å². The molecule has 1 heterocycles. The van der Waals surface area contributed by atoms with E-state index < -0.39 is 0 Å². The molecule has 0 unspecified atom stereocenters. The largest absolute Gasteiger partial charge is 0.236 e. The van der Waals surface area contributed by atoms with Gasteiger partial charge in [0.15, 0.2) is 0 Å². The highest BCUT2D eigenvalue weighted by molar-refractivity contribution is 6.31. The van der Waals surface area contributed by atoms with Gasteiger partial charge in [0.2, 0.25) is 0 Å². The molecule has 0 aliphatic rings. The van der Waals surface area contributed by atoms with E-state index in [1.165, 1.54) is 0 Å². The summed E-state index contributed by atoms with van der Waals surface area (Å²) in [4.78, 5) is 0. The lowest BCUT2D eigenvalue weighted by Crippen LogP contribution is -1.98. The van der Waals surface area contributed by atoms with Gasteiger partial charge in [-0.1, -0.05) is 23.7 Å². The number of benzene rings is 1. The fourth-order valence-electron chi connectivity index (χ4n) is 1.60. The van der Waals surface area contributed by atoms with Crippen LogP contribution in [0.5, 0.6) is 0 Å². The molecule has 0 bridgehead atoms. The van der Waals surface area contributed by atoms with E-state index in [1.807, 2.05) is 42.8 Å². The van der Waals surface area contributed by atoms with Crippen LogP contribution in [0.3, 0.4) is 0 Å². The SMILES string of the molecule is Cc1nn(-c2ccc(CCl)cc2)c(C)c1Cl. The fraction of sp³-hybridized carbons (Fsp3) is 0.250. The lowest BCUT2D eigenvalue weighted by atomic mass is 10.2. The van der Waals surface area contributed by atoms with E-state index in [2.05, 4.69) is 5.10 Å². The number of alkyl halides is 1. The molecule has 0 spiro atoms. The third kappa shape index (κ3) is 1.95. The summed E-state index contributed by atoms with van der Waals surface area (Å²) in [5.41, 5.74) is 3.90. The first-order valence-corrected chi connectivity index (χ1v) is 5.91. The number of nitrogens with zero attached hydrogens (tertiary/aromatic N) is 2. The second-order valence-corrected chi connectivity index (χ2v) is 4.34. The van der Waals surface area contributed by atoms with E-state index in [0.29, 0.717) is 5.88 Å². The molecular formula is C12H12Cl2N2. The Balaban J connectivity index is 2.46. The molecule has 2 nitrogen and oxygen atoms in total. The Labute approximate surface area is 105 Å². The molecule has 2 rings (SSSR count). The molecule has 84 valence electrons. The zero-order valence-electron chi connectivity index (χ0n) is 9.17. The van der Waals surface area contributed by atoms with Crippen molar-refractivity contribution in [3.63, 3.8) is 0 Å². The number of rotatable bonds is 2. The van der Waals surface area contributed by atoms with E-state index in [4.69, 9.17) is 23.2 Å². The summed E-state index contributed by atoms with van der Waals surface area (Å²) in [6.45, 7) is 3.86. The maximum atomic E-state index is 6.10. The molecule has 0 radical (unpaired) electrons. The van der Waals surface area contributed by atoms with Crippen LogP contribution >= 0.6 is 23.2 Å². The number of halogens is 2. The Hall–Kier alpha value is -0.990. The predicted octanol–water partition coefficient (Wildman–Crippen LogP) is 3.88. The van der Waals surface area contributed by atoms with Crippen molar-refractivity contribution in [1.82, 2.24) is 9.78 Å². The van der Waals surface area contributed by atoms with Crippen LogP contribution in [0.1, 0.15) is 17.0 Å². The minimum absolute atomic E-state index is 0.526. The van der Waals surface area contributed by atoms with Crippen LogP contribution in [0.4, 0.5) is 0 Å². The molecule has 1 aromatic heterocycles. The summed E-state index contributed by atoms with van der Waals surface area (Å²) in [6.07, 6.45) is 0. The second kappa shape index (κ2) is 4.48. The van der Waals surface area contributed by atoms with Crippen molar-refractivity contribution in [2.45, 2.75) is 19.7 Å². The van der Waals surface area contributed by atoms with Crippen molar-refractivity contribution >= 4 is 23.2 Å². The van der Waals surface area contributed by atoms with Crippen LogP contribution in [-0.4, -0.2) is 9.78 Å². The first kappa shape index (κ1) is 11.5. The monoisotopic (exact) mass is 254 g/mol. The Morgan fingerprint density at radius 2 is 1.81 bits per heavy atom. The molecule has 0 N–H and O–H groups in total. The van der Waals surface area contributed by atoms with Crippen LogP contribution in [0.2, 0.25) is 5.02 Å². The third-order valence-corrected chi connectivity index (χ3v) is 3.39. The van der Waals surface area contributed by atoms with Gasteiger partial charge in [-0.3, -0.25) is 0 Å². The quantitative estimate of drug-likeness (QED) is 0.744. The second-order valence-electron chi connectivity index (χ2n) is 3.70. The van der Waals surface area contributed by atoms with Crippen molar-refractivity contribution in [3.8, 4) is 5.69 Å². The minimum Gasteiger partial charge on any atom is -0.236 e. The normalized spacial score (nSPS) is 10.8. The number of aromatic nitrogens is 2. The molecule has 4 heteroatoms. The van der Waals surface area contributed by atoms with E-state index in [9.17, 15) is 0 Å². The van der Waals surface area contributed by atoms with Crippen molar-refractivity contribution in [1.29, 1.82) is 0 Å². The van der Waals surface area contributed by atoms with Gasteiger partial charge in [0, 0.05) is 5.88 Å². The number of hydrogen-bond donors (Lipinski definition) is 0. The average Bonchev–Trinajstić information content (AvgIpc) is 2.57. The van der Waals surface area contributed by atoms with Gasteiger partial charge in [-0.05, 0) is 31.5 Å². The van der Waals surface area contributed by atoms with Gasteiger partial charge in [0.25, 0.3) is 0 Å². The van der Waals surface area contributed by atoms with E-state index in [0.717, 1.165) is 27.7 Å². The number of aryl methyl sites for hydroxylation is 1. The highest BCUT2D eigenvalue weighted by Gasteiger charge is 2.10. The van der Waals surface area contributed by atoms with Crippen molar-refractivity contribution < 1.29 is 0 Å². The van der Waals surface area contributed by atoms with Gasteiger partial charge < -0.3 is 0 Å². The Morgan fingerprint density at radius 3 is 2.25 bits per heavy atom. The summed E-state index contributed by atoms with van der Waals surface area (Å²) in [5, 5.41) is 5.11. The summed E-state index contributed by atoms with van der Waals surface area (Å²) in [5.74, 6) is 0.526. The van der Waals surface area contributed by atoms with Gasteiger partial charge >= 0.3 is 0 Å². The van der Waals surface area contributed by atoms with Gasteiger partial charge in [-0.15, -0.1) is 11.6 Å². The number of hydrogen-bond acceptors (Lipinski definition) is 1. The van der Waals surface area contributed by atoms with Gasteiger partial charge in [0.05, 0.1) is 22.1 Å². The van der Waals surface area contributed by atoms with Crippen molar-refractivity contribution in [3.05, 3.63) is 46.2 Å². The van der Waals surface area contributed by atoms with E-state index in [-0.39, 0.29) is 0 Å². The highest BCUT2D eigenvalue weighted by atomic mass is 35.5. The molecule has 0 aliphatic carbocycles. The Morgan fingerprint density at radius 1 is 1.19 bits per heavy atom. The zero-order valence-corrected chi connectivity index (χ0v) is 10.7. The highest BCUT2D eigenvalue weighted by Crippen LogP contribution is 2.22. The van der Waals surface area contributed by atoms with Gasteiger partial charge in [0.1, 0.15) is 0 Å². The molecule has 2 aromatic rings. The summed E-state index contributed by atoms with van der Waals surface area (Å²) < 4.78 is 1.84. The molecule has 0 aliphatic heterocycles. The Bertz CT molecular complexity index is 500. The van der Waals surface area contributed by atoms with Gasteiger partial charge in [-0.25, -0.2) is 4.68 Å². The van der Waals surface area contributed by atoms with Gasteiger partial charge in [-0.2, -0.15) is 5.10 Å². The van der Waals surface area contributed by atoms with E-state index in [1.54, 1.807) is 0 Å².